The van der Waals surface area contributed by atoms with E-state index >= 15 is 0 Å². The Morgan fingerprint density at radius 1 is 1.09 bits per heavy atom. The topological polar surface area (TPSA) is 54.4 Å². The van der Waals surface area contributed by atoms with E-state index in [9.17, 15) is 5.11 Å². The van der Waals surface area contributed by atoms with Crippen molar-refractivity contribution in [2.24, 2.45) is 0 Å². The summed E-state index contributed by atoms with van der Waals surface area (Å²) in [5.74, 6) is 1.97. The zero-order valence-electron chi connectivity index (χ0n) is 14.7. The number of methoxy groups -OCH3 is 3. The molecule has 23 heavy (non-hydrogen) atoms. The van der Waals surface area contributed by atoms with Crippen molar-refractivity contribution in [1.82, 2.24) is 9.80 Å². The molecule has 2 unspecified atom stereocenters. The molecular weight excluding hydrogens is 296 g/mol. The van der Waals surface area contributed by atoms with Gasteiger partial charge in [0.25, 0.3) is 0 Å². The number of aliphatic hydroxyl groups is 1. The molecule has 0 amide bonds. The number of hydrogen-bond donors (Lipinski definition) is 1. The molecule has 1 aliphatic rings. The van der Waals surface area contributed by atoms with E-state index in [1.165, 1.54) is 0 Å². The molecule has 0 bridgehead atoms. The Kier molecular flexibility index (Phi) is 6.10. The maximum absolute atomic E-state index is 10.0. The number of ether oxygens (including phenoxy) is 3. The predicted octanol–water partition coefficient (Wildman–Crippen LogP) is 1.38. The van der Waals surface area contributed by atoms with Crippen molar-refractivity contribution in [2.45, 2.75) is 19.0 Å². The first-order chi connectivity index (χ1) is 11.0. The molecule has 1 aromatic carbocycles. The molecule has 1 saturated heterocycles. The second-order valence-corrected chi connectivity index (χ2v) is 6.00. The highest BCUT2D eigenvalue weighted by molar-refractivity contribution is 5.52. The fourth-order valence-corrected chi connectivity index (χ4v) is 3.31. The van der Waals surface area contributed by atoms with Crippen molar-refractivity contribution < 1.29 is 19.3 Å². The number of aliphatic hydroxyl groups excluding tert-OH is 1. The van der Waals surface area contributed by atoms with Crippen molar-refractivity contribution in [3.63, 3.8) is 0 Å². The van der Waals surface area contributed by atoms with Crippen molar-refractivity contribution in [1.29, 1.82) is 0 Å². The molecule has 2 rings (SSSR count). The third-order valence-electron chi connectivity index (χ3n) is 4.55. The van der Waals surface area contributed by atoms with E-state index in [4.69, 9.17) is 14.2 Å². The average molecular weight is 324 g/mol. The molecule has 1 heterocycles. The standard InChI is InChI=1S/C17H28N2O4/c1-12-10-18(2)6-7-19(12)14(11-20)13-8-16(22-4)17(23-5)9-15(13)21-3/h8-9,12,14,20H,6-7,10-11H2,1-5H3. The molecule has 1 aromatic rings. The summed E-state index contributed by atoms with van der Waals surface area (Å²) in [6, 6.07) is 3.94. The third kappa shape index (κ3) is 3.71. The van der Waals surface area contributed by atoms with Crippen LogP contribution >= 0.6 is 0 Å². The average Bonchev–Trinajstić information content (AvgIpc) is 2.56. The highest BCUT2D eigenvalue weighted by Gasteiger charge is 2.31. The van der Waals surface area contributed by atoms with Gasteiger partial charge in [0.15, 0.2) is 11.5 Å². The minimum Gasteiger partial charge on any atom is -0.496 e. The second kappa shape index (κ2) is 7.86. The molecule has 0 saturated carbocycles. The molecule has 1 N–H and O–H groups in total. The van der Waals surface area contributed by atoms with Crippen LogP contribution in [0.5, 0.6) is 17.2 Å². The van der Waals surface area contributed by atoms with Crippen LogP contribution in [0.3, 0.4) is 0 Å². The molecule has 1 fully saturated rings. The number of benzene rings is 1. The van der Waals surface area contributed by atoms with E-state index in [0.717, 1.165) is 25.2 Å². The molecule has 0 radical (unpaired) electrons. The van der Waals surface area contributed by atoms with Crippen LogP contribution in [0.25, 0.3) is 0 Å². The number of likely N-dealkylation sites (N-methyl/N-ethyl adjacent to an activating group) is 1. The highest BCUT2D eigenvalue weighted by Crippen LogP contribution is 2.39. The Balaban J connectivity index is 2.40. The lowest BCUT2D eigenvalue weighted by Crippen LogP contribution is -2.52. The molecule has 130 valence electrons. The number of hydrogen-bond acceptors (Lipinski definition) is 6. The fraction of sp³-hybridized carbons (Fsp3) is 0.647. The fourth-order valence-electron chi connectivity index (χ4n) is 3.31. The summed E-state index contributed by atoms with van der Waals surface area (Å²) in [6.07, 6.45) is 0. The van der Waals surface area contributed by atoms with Crippen LogP contribution in [-0.4, -0.2) is 75.6 Å². The van der Waals surface area contributed by atoms with E-state index < -0.39 is 0 Å². The van der Waals surface area contributed by atoms with E-state index in [2.05, 4.69) is 23.8 Å². The van der Waals surface area contributed by atoms with Gasteiger partial charge >= 0.3 is 0 Å². The molecule has 2 atom stereocenters. The largest absolute Gasteiger partial charge is 0.496 e. The molecular formula is C17H28N2O4. The number of piperazine rings is 1. The maximum atomic E-state index is 10.0. The van der Waals surface area contributed by atoms with Crippen LogP contribution in [0.4, 0.5) is 0 Å². The normalized spacial score (nSPS) is 21.0. The first-order valence-corrected chi connectivity index (χ1v) is 7.90. The predicted molar refractivity (Wildman–Crippen MR) is 89.6 cm³/mol. The zero-order valence-corrected chi connectivity index (χ0v) is 14.7. The van der Waals surface area contributed by atoms with Crippen LogP contribution in [-0.2, 0) is 0 Å². The molecule has 0 aliphatic carbocycles. The van der Waals surface area contributed by atoms with E-state index in [0.29, 0.717) is 23.3 Å². The van der Waals surface area contributed by atoms with Gasteiger partial charge in [-0.05, 0) is 20.0 Å². The summed E-state index contributed by atoms with van der Waals surface area (Å²) in [6.45, 7) is 5.08. The molecule has 6 heteroatoms. The minimum absolute atomic E-state index is 0.0277. The lowest BCUT2D eigenvalue weighted by Gasteiger charge is -2.42. The lowest BCUT2D eigenvalue weighted by molar-refractivity contribution is 0.0331. The van der Waals surface area contributed by atoms with Crippen LogP contribution < -0.4 is 14.2 Å². The van der Waals surface area contributed by atoms with Gasteiger partial charge in [-0.2, -0.15) is 0 Å². The highest BCUT2D eigenvalue weighted by atomic mass is 16.5. The quantitative estimate of drug-likeness (QED) is 0.853. The summed E-state index contributed by atoms with van der Waals surface area (Å²) >= 11 is 0. The molecule has 0 aromatic heterocycles. The first-order valence-electron chi connectivity index (χ1n) is 7.90. The van der Waals surface area contributed by atoms with Crippen molar-refractivity contribution in [2.75, 3.05) is 54.6 Å². The van der Waals surface area contributed by atoms with Crippen LogP contribution in [0, 0.1) is 0 Å². The summed E-state index contributed by atoms with van der Waals surface area (Å²) < 4.78 is 16.3. The van der Waals surface area contributed by atoms with Crippen molar-refractivity contribution in [3.05, 3.63) is 17.7 Å². The Bertz CT molecular complexity index is 524. The van der Waals surface area contributed by atoms with Crippen LogP contribution in [0.1, 0.15) is 18.5 Å². The number of nitrogens with zero attached hydrogens (tertiary/aromatic N) is 2. The first kappa shape index (κ1) is 17.8. The summed E-state index contributed by atoms with van der Waals surface area (Å²) in [7, 11) is 6.97. The van der Waals surface area contributed by atoms with Gasteiger partial charge in [-0.15, -0.1) is 0 Å². The van der Waals surface area contributed by atoms with Gasteiger partial charge in [-0.25, -0.2) is 0 Å². The Labute approximate surface area is 138 Å². The monoisotopic (exact) mass is 324 g/mol. The summed E-state index contributed by atoms with van der Waals surface area (Å²) in [5, 5.41) is 10.0. The van der Waals surface area contributed by atoms with E-state index in [1.807, 2.05) is 12.1 Å². The molecule has 0 spiro atoms. The van der Waals surface area contributed by atoms with Gasteiger partial charge in [-0.3, -0.25) is 4.90 Å². The maximum Gasteiger partial charge on any atom is 0.164 e. The van der Waals surface area contributed by atoms with Crippen molar-refractivity contribution >= 4 is 0 Å². The van der Waals surface area contributed by atoms with E-state index in [1.54, 1.807) is 21.3 Å². The second-order valence-electron chi connectivity index (χ2n) is 6.00. The smallest absolute Gasteiger partial charge is 0.164 e. The Morgan fingerprint density at radius 3 is 2.22 bits per heavy atom. The number of rotatable bonds is 6. The van der Waals surface area contributed by atoms with Gasteiger partial charge in [0, 0.05) is 37.3 Å². The van der Waals surface area contributed by atoms with Crippen molar-refractivity contribution in [3.8, 4) is 17.2 Å². The Morgan fingerprint density at radius 2 is 1.70 bits per heavy atom. The SMILES string of the molecule is COc1cc(OC)c(C(CO)N2CCN(C)CC2C)cc1OC. The van der Waals surface area contributed by atoms with Gasteiger partial charge in [0.2, 0.25) is 0 Å². The van der Waals surface area contributed by atoms with Crippen LogP contribution in [0.15, 0.2) is 12.1 Å². The van der Waals surface area contributed by atoms with Crippen LogP contribution in [0.2, 0.25) is 0 Å². The van der Waals surface area contributed by atoms with E-state index in [-0.39, 0.29) is 12.6 Å². The Hall–Kier alpha value is -1.50. The minimum atomic E-state index is -0.131. The van der Waals surface area contributed by atoms with Gasteiger partial charge in [-0.1, -0.05) is 0 Å². The molecule has 1 aliphatic heterocycles. The zero-order chi connectivity index (χ0) is 17.0. The van der Waals surface area contributed by atoms with Gasteiger partial charge in [0.05, 0.1) is 34.0 Å². The summed E-state index contributed by atoms with van der Waals surface area (Å²) in [4.78, 5) is 4.63. The van der Waals surface area contributed by atoms with Gasteiger partial charge < -0.3 is 24.2 Å². The lowest BCUT2D eigenvalue weighted by atomic mass is 10.0. The summed E-state index contributed by atoms with van der Waals surface area (Å²) in [5.41, 5.74) is 0.920. The third-order valence-corrected chi connectivity index (χ3v) is 4.55. The van der Waals surface area contributed by atoms with Gasteiger partial charge in [0.1, 0.15) is 5.75 Å². The molecule has 6 nitrogen and oxygen atoms in total.